The highest BCUT2D eigenvalue weighted by Crippen LogP contribution is 2.28. The van der Waals surface area contributed by atoms with Crippen LogP contribution in [0.2, 0.25) is 0 Å². The first-order valence-electron chi connectivity index (χ1n) is 20.0. The summed E-state index contributed by atoms with van der Waals surface area (Å²) in [6, 6.07) is 19.2. The summed E-state index contributed by atoms with van der Waals surface area (Å²) in [5, 5.41) is 18.3. The first kappa shape index (κ1) is 42.5. The van der Waals surface area contributed by atoms with Crippen LogP contribution in [0.4, 0.5) is 20.4 Å². The van der Waals surface area contributed by atoms with E-state index in [0.29, 0.717) is 95.0 Å². The summed E-state index contributed by atoms with van der Waals surface area (Å²) in [6.07, 6.45) is 2.88. The number of halogens is 2. The number of anilines is 2. The third-order valence-corrected chi connectivity index (χ3v) is 10.9. The van der Waals surface area contributed by atoms with E-state index in [-0.39, 0.29) is 64.9 Å². The van der Waals surface area contributed by atoms with E-state index in [4.69, 9.17) is 21.3 Å². The second-order valence-corrected chi connectivity index (χ2v) is 15.4. The van der Waals surface area contributed by atoms with Gasteiger partial charge in [0.2, 0.25) is 5.91 Å². The summed E-state index contributed by atoms with van der Waals surface area (Å²) in [7, 11) is 0. The molecule has 0 saturated carbocycles. The normalized spacial score (nSPS) is 16.2. The Morgan fingerprint density at radius 1 is 0.683 bits per heavy atom. The van der Waals surface area contributed by atoms with Crippen molar-refractivity contribution < 1.29 is 42.5 Å². The number of nitrogen functional groups attached to an aromatic ring is 2. The topological polar surface area (TPSA) is 250 Å². The Hall–Kier alpha value is -7.22. The number of nitrogens with one attached hydrogen (secondary N) is 3. The second kappa shape index (κ2) is 18.4. The number of nitrogens with two attached hydrogens (primary N) is 2. The minimum Gasteiger partial charge on any atom is -0.481 e. The van der Waals surface area contributed by atoms with Gasteiger partial charge in [0.1, 0.15) is 40.2 Å². The second-order valence-electron chi connectivity index (χ2n) is 15.4. The number of fused-ring (bicyclic) bond motifs is 2. The molecule has 3 amide bonds. The molecule has 0 radical (unpaired) electrons. The van der Waals surface area contributed by atoms with Crippen molar-refractivity contribution in [2.75, 3.05) is 64.1 Å². The Balaban J connectivity index is 0.000000152. The maximum absolute atomic E-state index is 13.6. The van der Waals surface area contributed by atoms with Gasteiger partial charge in [-0.25, -0.2) is 28.7 Å². The number of pyridine rings is 4. The van der Waals surface area contributed by atoms with E-state index in [0.717, 1.165) is 13.1 Å². The molecule has 0 atom stereocenters. The number of amides is 3. The fourth-order valence-corrected chi connectivity index (χ4v) is 6.93. The number of aromatic nitrogens is 4. The third kappa shape index (κ3) is 9.49. The predicted molar refractivity (Wildman–Crippen MR) is 227 cm³/mol. The van der Waals surface area contributed by atoms with E-state index < -0.39 is 5.97 Å². The predicted octanol–water partition coefficient (Wildman–Crippen LogP) is 3.04. The molecule has 0 spiro atoms. The molecule has 4 aliphatic rings. The number of carboxylic acids is 1. The van der Waals surface area contributed by atoms with Crippen LogP contribution in [-0.4, -0.2) is 118 Å². The molecule has 6 aromatic rings. The summed E-state index contributed by atoms with van der Waals surface area (Å²) in [4.78, 5) is 66.4. The van der Waals surface area contributed by atoms with Gasteiger partial charge in [-0.05, 0) is 48.5 Å². The highest BCUT2D eigenvalue weighted by Gasteiger charge is 2.38. The number of nitrogens with zero attached hydrogens (tertiary/aromatic N) is 5. The van der Waals surface area contributed by atoms with Gasteiger partial charge in [-0.3, -0.25) is 19.2 Å². The average Bonchev–Trinajstić information content (AvgIpc) is 3.19. The number of aliphatic carboxylic acids is 1. The summed E-state index contributed by atoms with van der Waals surface area (Å²) in [5.74, 6) is -1.74. The van der Waals surface area contributed by atoms with E-state index in [9.17, 15) is 28.0 Å². The van der Waals surface area contributed by atoms with Crippen LogP contribution in [-0.2, 0) is 19.1 Å². The molecule has 2 aromatic carbocycles. The number of carbonyl (C=O) groups excluding carboxylic acids is 3. The Morgan fingerprint density at radius 3 is 1.54 bits per heavy atom. The van der Waals surface area contributed by atoms with Crippen molar-refractivity contribution in [2.24, 2.45) is 11.8 Å². The minimum atomic E-state index is -0.744. The molecule has 324 valence electrons. The lowest BCUT2D eigenvalue weighted by atomic mass is 10.0. The Kier molecular flexibility index (Phi) is 12.4. The molecule has 0 unspecified atom stereocenters. The lowest BCUT2D eigenvalue weighted by Crippen LogP contribution is -2.63. The van der Waals surface area contributed by atoms with E-state index in [2.05, 4.69) is 40.6 Å². The zero-order chi connectivity index (χ0) is 44.2. The summed E-state index contributed by atoms with van der Waals surface area (Å²) in [6.45, 7) is 4.21. The molecule has 17 nitrogen and oxygen atoms in total. The smallest absolute Gasteiger partial charge is 0.311 e. The van der Waals surface area contributed by atoms with Gasteiger partial charge < -0.3 is 46.9 Å². The molecular formula is C44H42F2N10O7. The maximum Gasteiger partial charge on any atom is 0.311 e. The maximum atomic E-state index is 13.6. The molecule has 4 aromatic heterocycles. The van der Waals surface area contributed by atoms with Crippen LogP contribution in [0.3, 0.4) is 0 Å². The van der Waals surface area contributed by atoms with Crippen molar-refractivity contribution >= 4 is 57.1 Å². The Morgan fingerprint density at radius 2 is 1.16 bits per heavy atom. The van der Waals surface area contributed by atoms with E-state index in [1.165, 1.54) is 36.7 Å². The monoisotopic (exact) mass is 860 g/mol. The van der Waals surface area contributed by atoms with Crippen LogP contribution in [0.25, 0.3) is 44.3 Å². The average molecular weight is 861 g/mol. The third-order valence-electron chi connectivity index (χ3n) is 10.9. The fourth-order valence-electron chi connectivity index (χ4n) is 6.93. The molecular weight excluding hydrogens is 819 g/mol. The van der Waals surface area contributed by atoms with E-state index in [1.807, 2.05) is 0 Å². The van der Waals surface area contributed by atoms with Crippen LogP contribution in [0.15, 0.2) is 85.2 Å². The van der Waals surface area contributed by atoms with Gasteiger partial charge in [-0.15, -0.1) is 0 Å². The van der Waals surface area contributed by atoms with Gasteiger partial charge in [0.25, 0.3) is 11.8 Å². The quantitative estimate of drug-likeness (QED) is 0.129. The zero-order valence-electron chi connectivity index (χ0n) is 33.6. The summed E-state index contributed by atoms with van der Waals surface area (Å²) < 4.78 is 36.7. The van der Waals surface area contributed by atoms with Crippen molar-refractivity contribution in [3.05, 3.63) is 108 Å². The molecule has 4 aliphatic heterocycles. The lowest BCUT2D eigenvalue weighted by molar-refractivity contribution is -0.156. The molecule has 8 N–H and O–H groups in total. The molecule has 10 rings (SSSR count). The standard InChI is InChI=1S/C22H20FN5O3.C18H16FN5O.C4H6O3/c23-14-3-1-2-12(6-14)18-5-4-16-17(7-25-20(24)19(16)27-18)21(29)26-15-8-28(9-15)22(30)13-10-31-11-13;19-11-3-1-2-10(6-11)15-5-4-13-14(9-22-17(20)16(13)24-15)18(25)23-12-7-21-8-12;5-4(6)3-1-7-2-3/h1-7,13,15H,8-11H2,(H2,24,25)(H,26,29);1-6,9,12,21H,7-8H2,(H2,20,22)(H,23,25);3H,1-2H2,(H,5,6). The van der Waals surface area contributed by atoms with Gasteiger partial charge in [-0.1, -0.05) is 24.3 Å². The van der Waals surface area contributed by atoms with Crippen molar-refractivity contribution in [2.45, 2.75) is 12.1 Å². The molecule has 63 heavy (non-hydrogen) atoms. The number of carboxylic acid groups (broad SMARTS) is 1. The van der Waals surface area contributed by atoms with Crippen LogP contribution < -0.4 is 27.4 Å². The number of hydrogen-bond acceptors (Lipinski definition) is 13. The molecule has 0 aliphatic carbocycles. The van der Waals surface area contributed by atoms with Crippen LogP contribution in [0.1, 0.15) is 20.7 Å². The Bertz CT molecular complexity index is 2720. The lowest BCUT2D eigenvalue weighted by Gasteiger charge is -2.42. The van der Waals surface area contributed by atoms with Gasteiger partial charge in [0.05, 0.1) is 66.9 Å². The van der Waals surface area contributed by atoms with Crippen LogP contribution in [0, 0.1) is 23.5 Å². The number of rotatable bonds is 8. The first-order chi connectivity index (χ1) is 30.4. The van der Waals surface area contributed by atoms with Gasteiger partial charge in [0, 0.05) is 60.5 Å². The minimum absolute atomic E-state index is 0.0553. The highest BCUT2D eigenvalue weighted by molar-refractivity contribution is 6.09. The number of ether oxygens (including phenoxy) is 2. The van der Waals surface area contributed by atoms with Gasteiger partial charge in [-0.2, -0.15) is 0 Å². The number of likely N-dealkylation sites (tertiary alicyclic amines) is 1. The van der Waals surface area contributed by atoms with Crippen LogP contribution in [0.5, 0.6) is 0 Å². The van der Waals surface area contributed by atoms with Gasteiger partial charge in [0.15, 0.2) is 0 Å². The van der Waals surface area contributed by atoms with Crippen molar-refractivity contribution in [3.8, 4) is 22.5 Å². The molecule has 4 fully saturated rings. The van der Waals surface area contributed by atoms with Gasteiger partial charge >= 0.3 is 5.97 Å². The number of benzene rings is 2. The molecule has 19 heteroatoms. The molecule has 0 bridgehead atoms. The van der Waals surface area contributed by atoms with Crippen molar-refractivity contribution in [1.29, 1.82) is 0 Å². The number of hydrogen-bond donors (Lipinski definition) is 6. The largest absolute Gasteiger partial charge is 0.481 e. The van der Waals surface area contributed by atoms with Crippen molar-refractivity contribution in [1.82, 2.24) is 40.8 Å². The zero-order valence-corrected chi connectivity index (χ0v) is 33.6. The van der Waals surface area contributed by atoms with E-state index in [1.54, 1.807) is 53.4 Å². The SMILES string of the molecule is Nc1ncc(C(=O)NC2CN(C(=O)C3COC3)C2)c2ccc(-c3cccc(F)c3)nc12.Nc1ncc(C(=O)NC2CNC2)c2ccc(-c3cccc(F)c3)nc12.O=C(O)C1COC1. The van der Waals surface area contributed by atoms with Crippen molar-refractivity contribution in [3.63, 3.8) is 0 Å². The van der Waals surface area contributed by atoms with Crippen LogP contribution >= 0.6 is 0 Å². The molecule has 4 saturated heterocycles. The first-order valence-corrected chi connectivity index (χ1v) is 20.0. The highest BCUT2D eigenvalue weighted by atomic mass is 19.1. The molecule has 8 heterocycles. The summed E-state index contributed by atoms with van der Waals surface area (Å²) >= 11 is 0. The summed E-state index contributed by atoms with van der Waals surface area (Å²) in [5.41, 5.74) is 15.9. The number of carbonyl (C=O) groups is 4. The Labute approximate surface area is 358 Å². The van der Waals surface area contributed by atoms with E-state index >= 15 is 0 Å². The fraction of sp³-hybridized carbons (Fsp3) is 0.273.